The molecule has 0 aliphatic carbocycles. The van der Waals surface area contributed by atoms with Crippen molar-refractivity contribution in [3.63, 3.8) is 0 Å². The number of aryl methyl sites for hydroxylation is 1. The molecular formula is C24H31N3O6. The summed E-state index contributed by atoms with van der Waals surface area (Å²) < 4.78 is 15.8. The molecule has 3 rings (SSSR count). The van der Waals surface area contributed by atoms with E-state index in [-0.39, 0.29) is 17.9 Å². The fraction of sp³-hybridized carbons (Fsp3) is 0.458. The molecule has 0 spiro atoms. The van der Waals surface area contributed by atoms with E-state index in [0.717, 1.165) is 0 Å². The summed E-state index contributed by atoms with van der Waals surface area (Å²) in [5.74, 6) is 0.283. The van der Waals surface area contributed by atoms with E-state index in [1.54, 1.807) is 55.7 Å². The largest absolute Gasteiger partial charge is 0.497 e. The third kappa shape index (κ3) is 5.13. The van der Waals surface area contributed by atoms with Crippen LogP contribution in [0.5, 0.6) is 11.5 Å². The monoisotopic (exact) mass is 457 g/mol. The van der Waals surface area contributed by atoms with Crippen molar-refractivity contribution in [1.29, 1.82) is 0 Å². The minimum atomic E-state index is -0.445. The third-order valence-electron chi connectivity index (χ3n) is 5.65. The second kappa shape index (κ2) is 9.97. The quantitative estimate of drug-likeness (QED) is 0.670. The number of amides is 2. The Hall–Kier alpha value is -3.49. The molecule has 9 heteroatoms. The zero-order valence-electron chi connectivity index (χ0n) is 20.0. The summed E-state index contributed by atoms with van der Waals surface area (Å²) in [6.07, 6.45) is -0.250. The molecule has 2 aromatic rings. The summed E-state index contributed by atoms with van der Waals surface area (Å²) >= 11 is 0. The van der Waals surface area contributed by atoms with Crippen LogP contribution >= 0.6 is 0 Å². The number of aromatic amines is 1. The highest BCUT2D eigenvalue weighted by atomic mass is 16.5. The lowest BCUT2D eigenvalue weighted by atomic mass is 10.1. The summed E-state index contributed by atoms with van der Waals surface area (Å²) in [5.41, 5.74) is 2.41. The molecule has 1 aliphatic heterocycles. The number of ether oxygens (including phenoxy) is 3. The molecule has 0 atom stereocenters. The Morgan fingerprint density at radius 3 is 1.88 bits per heavy atom. The fourth-order valence-corrected chi connectivity index (χ4v) is 3.93. The van der Waals surface area contributed by atoms with E-state index in [4.69, 9.17) is 14.2 Å². The van der Waals surface area contributed by atoms with Gasteiger partial charge in [0.25, 0.3) is 11.8 Å². The maximum absolute atomic E-state index is 13.2. The zero-order chi connectivity index (χ0) is 24.3. The predicted molar refractivity (Wildman–Crippen MR) is 122 cm³/mol. The van der Waals surface area contributed by atoms with E-state index in [1.165, 1.54) is 14.2 Å². The maximum atomic E-state index is 13.2. The molecule has 178 valence electrons. The number of hydrogen-bond donors (Lipinski definition) is 1. The van der Waals surface area contributed by atoms with E-state index in [9.17, 15) is 14.4 Å². The Labute approximate surface area is 193 Å². The van der Waals surface area contributed by atoms with E-state index < -0.39 is 5.97 Å². The Morgan fingerprint density at radius 1 is 0.879 bits per heavy atom. The first-order valence-electron chi connectivity index (χ1n) is 10.9. The molecule has 1 N–H and O–H groups in total. The van der Waals surface area contributed by atoms with Gasteiger partial charge in [-0.1, -0.05) is 0 Å². The number of carbonyl (C=O) groups excluding carboxylic acids is 3. The first kappa shape index (κ1) is 24.2. The average Bonchev–Trinajstić information content (AvgIpc) is 3.11. The van der Waals surface area contributed by atoms with Crippen LogP contribution in [0.2, 0.25) is 0 Å². The Kier molecular flexibility index (Phi) is 7.30. The van der Waals surface area contributed by atoms with Crippen molar-refractivity contribution in [2.75, 3.05) is 40.4 Å². The van der Waals surface area contributed by atoms with Crippen molar-refractivity contribution >= 4 is 17.8 Å². The van der Waals surface area contributed by atoms with Crippen LogP contribution in [-0.4, -0.2) is 79.1 Å². The SMILES string of the molecule is COc1cc(OC)cc(C(=O)N2CCN(C(=O)c3[nH]c(C)c(C(=O)OC(C)C)c3C)CC2)c1. The molecule has 1 aromatic carbocycles. The van der Waals surface area contributed by atoms with Gasteiger partial charge in [-0.15, -0.1) is 0 Å². The highest BCUT2D eigenvalue weighted by Gasteiger charge is 2.30. The predicted octanol–water partition coefficient (Wildman–Crippen LogP) is 2.81. The number of rotatable bonds is 6. The Morgan fingerprint density at radius 2 is 1.39 bits per heavy atom. The van der Waals surface area contributed by atoms with Gasteiger partial charge in [0.15, 0.2) is 0 Å². The molecule has 2 amide bonds. The third-order valence-corrected chi connectivity index (χ3v) is 5.65. The summed E-state index contributed by atoms with van der Waals surface area (Å²) in [7, 11) is 3.07. The second-order valence-corrected chi connectivity index (χ2v) is 8.26. The molecule has 33 heavy (non-hydrogen) atoms. The number of H-pyrrole nitrogens is 1. The molecule has 9 nitrogen and oxygen atoms in total. The lowest BCUT2D eigenvalue weighted by Gasteiger charge is -2.34. The van der Waals surface area contributed by atoms with Crippen molar-refractivity contribution in [3.05, 3.63) is 46.3 Å². The molecule has 0 unspecified atom stereocenters. The molecule has 0 saturated carbocycles. The van der Waals surface area contributed by atoms with Crippen LogP contribution in [0.15, 0.2) is 18.2 Å². The van der Waals surface area contributed by atoms with Gasteiger partial charge < -0.3 is 29.0 Å². The van der Waals surface area contributed by atoms with Crippen molar-refractivity contribution in [3.8, 4) is 11.5 Å². The number of aromatic nitrogens is 1. The van der Waals surface area contributed by atoms with Crippen molar-refractivity contribution in [2.24, 2.45) is 0 Å². The van der Waals surface area contributed by atoms with Gasteiger partial charge in [-0.25, -0.2) is 4.79 Å². The second-order valence-electron chi connectivity index (χ2n) is 8.26. The Balaban J connectivity index is 1.70. The first-order chi connectivity index (χ1) is 15.7. The standard InChI is InChI=1S/C24H31N3O6/c1-14(2)33-24(30)20-15(3)21(25-16(20)4)23(29)27-9-7-26(8-10-27)22(28)17-11-18(31-5)13-19(12-17)32-6/h11-14,25H,7-10H2,1-6H3. The van der Waals surface area contributed by atoms with Crippen LogP contribution in [0.4, 0.5) is 0 Å². The summed E-state index contributed by atoms with van der Waals surface area (Å²) in [4.78, 5) is 45.0. The molecular weight excluding hydrogens is 426 g/mol. The molecule has 1 aromatic heterocycles. The minimum absolute atomic E-state index is 0.148. The molecule has 1 fully saturated rings. The van der Waals surface area contributed by atoms with Gasteiger partial charge in [0.2, 0.25) is 0 Å². The zero-order valence-corrected chi connectivity index (χ0v) is 20.0. The van der Waals surface area contributed by atoms with Gasteiger partial charge in [-0.2, -0.15) is 0 Å². The number of benzene rings is 1. The minimum Gasteiger partial charge on any atom is -0.497 e. The molecule has 0 radical (unpaired) electrons. The first-order valence-corrected chi connectivity index (χ1v) is 10.9. The summed E-state index contributed by atoms with van der Waals surface area (Å²) in [6.45, 7) is 8.61. The number of methoxy groups -OCH3 is 2. The van der Waals surface area contributed by atoms with Crippen LogP contribution in [0, 0.1) is 13.8 Å². The van der Waals surface area contributed by atoms with Gasteiger partial charge in [-0.05, 0) is 45.4 Å². The Bertz CT molecular complexity index is 1030. The van der Waals surface area contributed by atoms with Crippen molar-refractivity contribution < 1.29 is 28.6 Å². The van der Waals surface area contributed by atoms with Gasteiger partial charge in [0, 0.05) is 43.5 Å². The van der Waals surface area contributed by atoms with Crippen LogP contribution in [0.3, 0.4) is 0 Å². The van der Waals surface area contributed by atoms with Crippen LogP contribution < -0.4 is 9.47 Å². The van der Waals surface area contributed by atoms with Gasteiger partial charge in [0.05, 0.1) is 25.9 Å². The lowest BCUT2D eigenvalue weighted by molar-refractivity contribution is 0.0376. The van der Waals surface area contributed by atoms with Crippen molar-refractivity contribution in [1.82, 2.24) is 14.8 Å². The van der Waals surface area contributed by atoms with Crippen LogP contribution in [0.25, 0.3) is 0 Å². The fourth-order valence-electron chi connectivity index (χ4n) is 3.93. The lowest BCUT2D eigenvalue weighted by Crippen LogP contribution is -2.50. The normalized spacial score (nSPS) is 13.8. The van der Waals surface area contributed by atoms with Gasteiger partial charge >= 0.3 is 5.97 Å². The summed E-state index contributed by atoms with van der Waals surface area (Å²) in [6, 6.07) is 5.05. The van der Waals surface area contributed by atoms with E-state index in [1.807, 2.05) is 0 Å². The van der Waals surface area contributed by atoms with Crippen LogP contribution in [0.1, 0.15) is 56.3 Å². The maximum Gasteiger partial charge on any atom is 0.340 e. The number of carbonyl (C=O) groups is 3. The van der Waals surface area contributed by atoms with Gasteiger partial charge in [-0.3, -0.25) is 9.59 Å². The van der Waals surface area contributed by atoms with E-state index in [2.05, 4.69) is 4.98 Å². The number of piperazine rings is 1. The van der Waals surface area contributed by atoms with Crippen molar-refractivity contribution in [2.45, 2.75) is 33.8 Å². The number of nitrogens with zero attached hydrogens (tertiary/aromatic N) is 2. The van der Waals surface area contributed by atoms with Gasteiger partial charge in [0.1, 0.15) is 17.2 Å². The highest BCUT2D eigenvalue weighted by Crippen LogP contribution is 2.25. The average molecular weight is 458 g/mol. The number of hydrogen-bond acceptors (Lipinski definition) is 6. The molecule has 1 saturated heterocycles. The molecule has 1 aliphatic rings. The number of nitrogens with one attached hydrogen (secondary N) is 1. The molecule has 2 heterocycles. The highest BCUT2D eigenvalue weighted by molar-refractivity contribution is 6.01. The topological polar surface area (TPSA) is 101 Å². The van der Waals surface area contributed by atoms with E-state index in [0.29, 0.717) is 65.8 Å². The smallest absolute Gasteiger partial charge is 0.340 e. The van der Waals surface area contributed by atoms with Crippen LogP contribution in [-0.2, 0) is 4.74 Å². The summed E-state index contributed by atoms with van der Waals surface area (Å²) in [5, 5.41) is 0. The number of esters is 1. The molecule has 0 bridgehead atoms. The van der Waals surface area contributed by atoms with E-state index >= 15 is 0 Å².